The Hall–Kier alpha value is -3.74. The van der Waals surface area contributed by atoms with Gasteiger partial charge in [0.05, 0.1) is 12.4 Å². The van der Waals surface area contributed by atoms with Crippen molar-refractivity contribution in [3.8, 4) is 0 Å². The summed E-state index contributed by atoms with van der Waals surface area (Å²) < 4.78 is 0. The third-order valence-electron chi connectivity index (χ3n) is 4.70. The van der Waals surface area contributed by atoms with Crippen molar-refractivity contribution in [1.82, 2.24) is 9.97 Å². The molecule has 7 heteroatoms. The highest BCUT2D eigenvalue weighted by Crippen LogP contribution is 2.31. The third kappa shape index (κ3) is 4.24. The molecule has 0 saturated heterocycles. The quantitative estimate of drug-likeness (QED) is 0.712. The number of carbonyl (C=O) groups excluding carboxylic acids is 2. The molecule has 2 amide bonds. The SMILES string of the molecule is CC(=O)Nc1cccc(NC(=O)c2cnc(N3CCCc4ccccc43)cn2)c1. The Kier molecular flexibility index (Phi) is 5.20. The standard InChI is InChI=1S/C22H21N5O2/c1-15(28)25-17-8-4-9-18(12-17)26-22(29)19-13-24-21(14-23-19)27-11-5-7-16-6-2-3-10-20(16)27/h2-4,6,8-10,12-14H,5,7,11H2,1H3,(H,25,28)(H,26,29). The van der Waals surface area contributed by atoms with E-state index in [0.29, 0.717) is 11.4 Å². The maximum absolute atomic E-state index is 12.5. The number of hydrogen-bond donors (Lipinski definition) is 2. The van der Waals surface area contributed by atoms with Gasteiger partial charge in [-0.3, -0.25) is 9.59 Å². The molecule has 0 bridgehead atoms. The van der Waals surface area contributed by atoms with Gasteiger partial charge < -0.3 is 15.5 Å². The molecule has 0 aliphatic carbocycles. The average Bonchev–Trinajstić information content (AvgIpc) is 2.73. The first kappa shape index (κ1) is 18.6. The number of anilines is 4. The Morgan fingerprint density at radius 2 is 1.76 bits per heavy atom. The van der Waals surface area contributed by atoms with Crippen LogP contribution in [0.2, 0.25) is 0 Å². The summed E-state index contributed by atoms with van der Waals surface area (Å²) in [7, 11) is 0. The minimum absolute atomic E-state index is 0.172. The molecule has 7 nitrogen and oxygen atoms in total. The van der Waals surface area contributed by atoms with Gasteiger partial charge in [-0.25, -0.2) is 9.97 Å². The van der Waals surface area contributed by atoms with Gasteiger partial charge in [0.15, 0.2) is 5.82 Å². The van der Waals surface area contributed by atoms with Crippen molar-refractivity contribution >= 4 is 34.7 Å². The second kappa shape index (κ2) is 8.10. The molecule has 0 atom stereocenters. The highest BCUT2D eigenvalue weighted by Gasteiger charge is 2.19. The Labute approximate surface area is 168 Å². The van der Waals surface area contributed by atoms with Crippen molar-refractivity contribution in [2.24, 2.45) is 0 Å². The molecule has 2 N–H and O–H groups in total. The van der Waals surface area contributed by atoms with Crippen LogP contribution in [0.4, 0.5) is 22.9 Å². The number of para-hydroxylation sites is 1. The van der Waals surface area contributed by atoms with Crippen LogP contribution >= 0.6 is 0 Å². The second-order valence-corrected chi connectivity index (χ2v) is 6.86. The van der Waals surface area contributed by atoms with E-state index in [0.717, 1.165) is 30.9 Å². The van der Waals surface area contributed by atoms with Gasteiger partial charge in [0, 0.05) is 30.5 Å². The molecular formula is C22H21N5O2. The molecule has 3 aromatic rings. The number of nitrogens with zero attached hydrogens (tertiary/aromatic N) is 3. The number of fused-ring (bicyclic) bond motifs is 1. The fraction of sp³-hybridized carbons (Fsp3) is 0.182. The predicted molar refractivity (Wildman–Crippen MR) is 112 cm³/mol. The summed E-state index contributed by atoms with van der Waals surface area (Å²) in [5, 5.41) is 5.47. The van der Waals surface area contributed by atoms with Gasteiger partial charge in [-0.05, 0) is 42.7 Å². The van der Waals surface area contributed by atoms with Crippen molar-refractivity contribution < 1.29 is 9.59 Å². The maximum Gasteiger partial charge on any atom is 0.275 e. The lowest BCUT2D eigenvalue weighted by molar-refractivity contribution is -0.114. The Balaban J connectivity index is 1.49. The van der Waals surface area contributed by atoms with E-state index >= 15 is 0 Å². The largest absolute Gasteiger partial charge is 0.326 e. The molecule has 0 spiro atoms. The number of rotatable bonds is 4. The van der Waals surface area contributed by atoms with Crippen LogP contribution in [0.1, 0.15) is 29.4 Å². The average molecular weight is 387 g/mol. The maximum atomic E-state index is 12.5. The van der Waals surface area contributed by atoms with Crippen LogP contribution in [-0.4, -0.2) is 28.3 Å². The van der Waals surface area contributed by atoms with E-state index < -0.39 is 0 Å². The van der Waals surface area contributed by atoms with Crippen molar-refractivity contribution in [3.05, 3.63) is 72.2 Å². The van der Waals surface area contributed by atoms with Crippen molar-refractivity contribution in [2.45, 2.75) is 19.8 Å². The molecule has 1 aliphatic rings. The Bertz CT molecular complexity index is 1050. The second-order valence-electron chi connectivity index (χ2n) is 6.86. The highest BCUT2D eigenvalue weighted by molar-refractivity contribution is 6.03. The minimum Gasteiger partial charge on any atom is -0.326 e. The first-order chi connectivity index (χ1) is 14.1. The number of aromatic nitrogens is 2. The minimum atomic E-state index is -0.358. The number of nitrogens with one attached hydrogen (secondary N) is 2. The van der Waals surface area contributed by atoms with Gasteiger partial charge >= 0.3 is 0 Å². The highest BCUT2D eigenvalue weighted by atomic mass is 16.2. The van der Waals surface area contributed by atoms with Crippen molar-refractivity contribution in [2.75, 3.05) is 22.1 Å². The van der Waals surface area contributed by atoms with E-state index in [1.165, 1.54) is 18.7 Å². The van der Waals surface area contributed by atoms with Gasteiger partial charge in [0.1, 0.15) is 5.69 Å². The zero-order valence-electron chi connectivity index (χ0n) is 16.1. The van der Waals surface area contributed by atoms with Crippen molar-refractivity contribution in [3.63, 3.8) is 0 Å². The number of carbonyl (C=O) groups is 2. The number of aryl methyl sites for hydroxylation is 1. The van der Waals surface area contributed by atoms with Gasteiger partial charge in [-0.15, -0.1) is 0 Å². The fourth-order valence-corrected chi connectivity index (χ4v) is 3.42. The number of amides is 2. The van der Waals surface area contributed by atoms with E-state index in [4.69, 9.17) is 0 Å². The van der Waals surface area contributed by atoms with E-state index in [-0.39, 0.29) is 17.5 Å². The van der Waals surface area contributed by atoms with Crippen LogP contribution in [0, 0.1) is 0 Å². The molecule has 146 valence electrons. The molecular weight excluding hydrogens is 366 g/mol. The van der Waals surface area contributed by atoms with Crippen LogP contribution in [-0.2, 0) is 11.2 Å². The zero-order valence-corrected chi connectivity index (χ0v) is 16.1. The Morgan fingerprint density at radius 3 is 2.52 bits per heavy atom. The lowest BCUT2D eigenvalue weighted by Gasteiger charge is -2.30. The van der Waals surface area contributed by atoms with Crippen LogP contribution < -0.4 is 15.5 Å². The third-order valence-corrected chi connectivity index (χ3v) is 4.70. The first-order valence-corrected chi connectivity index (χ1v) is 9.46. The smallest absolute Gasteiger partial charge is 0.275 e. The van der Waals surface area contributed by atoms with Crippen LogP contribution in [0.15, 0.2) is 60.9 Å². The topological polar surface area (TPSA) is 87.2 Å². The molecule has 2 aromatic carbocycles. The summed E-state index contributed by atoms with van der Waals surface area (Å²) in [5.74, 6) is 0.193. The normalized spacial score (nSPS) is 12.8. The molecule has 2 heterocycles. The zero-order chi connectivity index (χ0) is 20.2. The summed E-state index contributed by atoms with van der Waals surface area (Å²) in [6.07, 6.45) is 5.22. The van der Waals surface area contributed by atoms with E-state index in [2.05, 4.69) is 37.6 Å². The van der Waals surface area contributed by atoms with Gasteiger partial charge in [0.2, 0.25) is 5.91 Å². The fourth-order valence-electron chi connectivity index (χ4n) is 3.42. The number of benzene rings is 2. The van der Waals surface area contributed by atoms with Crippen LogP contribution in [0.25, 0.3) is 0 Å². The van der Waals surface area contributed by atoms with E-state index in [9.17, 15) is 9.59 Å². The van der Waals surface area contributed by atoms with Gasteiger partial charge in [-0.2, -0.15) is 0 Å². The van der Waals surface area contributed by atoms with Crippen molar-refractivity contribution in [1.29, 1.82) is 0 Å². The molecule has 4 rings (SSSR count). The molecule has 1 aliphatic heterocycles. The van der Waals surface area contributed by atoms with E-state index in [1.807, 2.05) is 12.1 Å². The lowest BCUT2D eigenvalue weighted by atomic mass is 10.0. The summed E-state index contributed by atoms with van der Waals surface area (Å²) in [6.45, 7) is 2.30. The molecule has 0 radical (unpaired) electrons. The van der Waals surface area contributed by atoms with Gasteiger partial charge in [0.25, 0.3) is 5.91 Å². The first-order valence-electron chi connectivity index (χ1n) is 9.46. The predicted octanol–water partition coefficient (Wildman–Crippen LogP) is 3.77. The molecule has 0 fully saturated rings. The molecule has 29 heavy (non-hydrogen) atoms. The molecule has 1 aromatic heterocycles. The molecule has 0 unspecified atom stereocenters. The van der Waals surface area contributed by atoms with Crippen LogP contribution in [0.5, 0.6) is 0 Å². The Morgan fingerprint density at radius 1 is 0.966 bits per heavy atom. The number of hydrogen-bond acceptors (Lipinski definition) is 5. The monoisotopic (exact) mass is 387 g/mol. The van der Waals surface area contributed by atoms with E-state index in [1.54, 1.807) is 30.5 Å². The summed E-state index contributed by atoms with van der Waals surface area (Å²) in [4.78, 5) is 34.6. The van der Waals surface area contributed by atoms with Crippen LogP contribution in [0.3, 0.4) is 0 Å². The van der Waals surface area contributed by atoms with Gasteiger partial charge in [-0.1, -0.05) is 24.3 Å². The summed E-state index contributed by atoms with van der Waals surface area (Å²) >= 11 is 0. The summed E-state index contributed by atoms with van der Waals surface area (Å²) in [5.41, 5.74) is 3.84. The lowest BCUT2D eigenvalue weighted by Crippen LogP contribution is -2.25. The summed E-state index contributed by atoms with van der Waals surface area (Å²) in [6, 6.07) is 15.2. The molecule has 0 saturated carbocycles.